The monoisotopic (exact) mass is 302 g/mol. The van der Waals surface area contributed by atoms with Crippen molar-refractivity contribution in [3.05, 3.63) is 16.4 Å². The summed E-state index contributed by atoms with van der Waals surface area (Å²) in [6, 6.07) is 0. The van der Waals surface area contributed by atoms with E-state index in [1.807, 2.05) is 25.7 Å². The highest BCUT2D eigenvalue weighted by atomic mass is 35.5. The molecule has 1 N–H and O–H groups in total. The number of nitrogens with zero attached hydrogens (tertiary/aromatic N) is 2. The molecule has 19 heavy (non-hydrogen) atoms. The van der Waals surface area contributed by atoms with Gasteiger partial charge in [0.2, 0.25) is 0 Å². The van der Waals surface area contributed by atoms with E-state index in [-0.39, 0.29) is 6.10 Å². The predicted molar refractivity (Wildman–Crippen MR) is 82.0 cm³/mol. The third-order valence-electron chi connectivity index (χ3n) is 3.79. The van der Waals surface area contributed by atoms with Crippen LogP contribution < -0.4 is 0 Å². The normalized spacial score (nSPS) is 18.7. The molecule has 0 aliphatic heterocycles. The first-order valence-corrected chi connectivity index (χ1v) is 8.48. The molecule has 1 aliphatic carbocycles. The Morgan fingerprint density at radius 2 is 2.11 bits per heavy atom. The lowest BCUT2D eigenvalue weighted by Gasteiger charge is -2.22. The predicted octanol–water partition coefficient (Wildman–Crippen LogP) is 3.35. The Morgan fingerprint density at radius 1 is 1.42 bits per heavy atom. The van der Waals surface area contributed by atoms with Crippen LogP contribution in [0.1, 0.15) is 43.4 Å². The van der Waals surface area contributed by atoms with Gasteiger partial charge in [0.25, 0.3) is 0 Å². The summed E-state index contributed by atoms with van der Waals surface area (Å²) < 4.78 is 1.67. The maximum atomic E-state index is 10.2. The van der Waals surface area contributed by atoms with Gasteiger partial charge < -0.3 is 5.11 Å². The molecule has 0 amide bonds. The molecule has 0 bridgehead atoms. The molecule has 1 heterocycles. The lowest BCUT2D eigenvalue weighted by molar-refractivity contribution is 0.199. The molecule has 1 aliphatic rings. The minimum absolute atomic E-state index is 0.327. The summed E-state index contributed by atoms with van der Waals surface area (Å²) >= 11 is 8.11. The van der Waals surface area contributed by atoms with Crippen molar-refractivity contribution in [3.8, 4) is 0 Å². The minimum Gasteiger partial charge on any atom is -0.392 e. The summed E-state index contributed by atoms with van der Waals surface area (Å²) in [7, 11) is 1.84. The quantitative estimate of drug-likeness (QED) is 0.906. The number of rotatable bonds is 5. The summed E-state index contributed by atoms with van der Waals surface area (Å²) in [5.74, 6) is 0.801. The molecule has 1 fully saturated rings. The third kappa shape index (κ3) is 4.14. The number of aromatic nitrogens is 2. The summed E-state index contributed by atoms with van der Waals surface area (Å²) in [4.78, 5) is 0. The average Bonchev–Trinajstić information content (AvgIpc) is 2.64. The van der Waals surface area contributed by atoms with Crippen LogP contribution in [0.5, 0.6) is 0 Å². The summed E-state index contributed by atoms with van der Waals surface area (Å²) in [5, 5.41) is 15.9. The van der Waals surface area contributed by atoms with Crippen molar-refractivity contribution in [3.63, 3.8) is 0 Å². The van der Waals surface area contributed by atoms with Crippen LogP contribution in [-0.2, 0) is 13.5 Å². The van der Waals surface area contributed by atoms with Crippen molar-refractivity contribution in [2.75, 3.05) is 5.75 Å². The van der Waals surface area contributed by atoms with Crippen molar-refractivity contribution in [2.24, 2.45) is 7.05 Å². The largest absolute Gasteiger partial charge is 0.392 e. The highest BCUT2D eigenvalue weighted by Crippen LogP contribution is 2.29. The standard InChI is InChI=1S/C14H23ClN2OS/c1-10-13(14(15)17(2)16-10)8-11(18)9-19-12-6-4-3-5-7-12/h11-12,18H,3-9H2,1-2H3. The molecule has 108 valence electrons. The number of aliphatic hydroxyl groups is 1. The van der Waals surface area contributed by atoms with Crippen LogP contribution in [0.2, 0.25) is 5.15 Å². The Bertz CT molecular complexity index is 416. The number of hydrogen-bond donors (Lipinski definition) is 1. The molecule has 3 nitrogen and oxygen atoms in total. The second-order valence-electron chi connectivity index (χ2n) is 5.43. The minimum atomic E-state index is -0.327. The third-order valence-corrected chi connectivity index (χ3v) is 5.78. The highest BCUT2D eigenvalue weighted by molar-refractivity contribution is 7.99. The molecule has 0 spiro atoms. The average molecular weight is 303 g/mol. The van der Waals surface area contributed by atoms with Gasteiger partial charge >= 0.3 is 0 Å². The Morgan fingerprint density at radius 3 is 2.68 bits per heavy atom. The molecule has 1 aromatic heterocycles. The molecule has 0 saturated heterocycles. The van der Waals surface area contributed by atoms with E-state index in [0.717, 1.165) is 22.3 Å². The molecular formula is C14H23ClN2OS. The van der Waals surface area contributed by atoms with E-state index in [1.54, 1.807) is 4.68 Å². The fourth-order valence-corrected chi connectivity index (χ4v) is 4.21. The van der Waals surface area contributed by atoms with Gasteiger partial charge in [0.1, 0.15) is 5.15 Å². The van der Waals surface area contributed by atoms with Crippen LogP contribution in [-0.4, -0.2) is 32.0 Å². The highest BCUT2D eigenvalue weighted by Gasteiger charge is 2.18. The lowest BCUT2D eigenvalue weighted by Crippen LogP contribution is -2.18. The van der Waals surface area contributed by atoms with Crippen LogP contribution in [0, 0.1) is 6.92 Å². The molecule has 5 heteroatoms. The number of halogens is 1. The van der Waals surface area contributed by atoms with Crippen molar-refractivity contribution in [1.82, 2.24) is 9.78 Å². The fourth-order valence-electron chi connectivity index (χ4n) is 2.68. The van der Waals surface area contributed by atoms with Gasteiger partial charge in [-0.3, -0.25) is 4.68 Å². The fraction of sp³-hybridized carbons (Fsp3) is 0.786. The van der Waals surface area contributed by atoms with Gasteiger partial charge in [0, 0.05) is 30.0 Å². The van der Waals surface area contributed by atoms with Crippen LogP contribution in [0.3, 0.4) is 0 Å². The van der Waals surface area contributed by atoms with E-state index in [0.29, 0.717) is 11.6 Å². The van der Waals surface area contributed by atoms with Gasteiger partial charge in [-0.2, -0.15) is 16.9 Å². The van der Waals surface area contributed by atoms with Gasteiger partial charge in [0.05, 0.1) is 11.8 Å². The summed E-state index contributed by atoms with van der Waals surface area (Å²) in [6.07, 6.45) is 6.98. The zero-order valence-electron chi connectivity index (χ0n) is 11.7. The van der Waals surface area contributed by atoms with Crippen molar-refractivity contribution in [2.45, 2.75) is 56.8 Å². The molecular weight excluding hydrogens is 280 g/mol. The van der Waals surface area contributed by atoms with Crippen LogP contribution >= 0.6 is 23.4 Å². The number of aryl methyl sites for hydroxylation is 2. The smallest absolute Gasteiger partial charge is 0.130 e. The number of aliphatic hydroxyl groups excluding tert-OH is 1. The van der Waals surface area contributed by atoms with Gasteiger partial charge in [-0.15, -0.1) is 0 Å². The van der Waals surface area contributed by atoms with Crippen molar-refractivity contribution < 1.29 is 5.11 Å². The Hall–Kier alpha value is -0.190. The lowest BCUT2D eigenvalue weighted by atomic mass is 10.0. The molecule has 0 radical (unpaired) electrons. The van der Waals surface area contributed by atoms with Crippen LogP contribution in [0.15, 0.2) is 0 Å². The molecule has 1 atom stereocenters. The number of thioether (sulfide) groups is 1. The molecule has 1 unspecified atom stereocenters. The molecule has 1 saturated carbocycles. The Balaban J connectivity index is 1.81. The first kappa shape index (κ1) is 15.2. The van der Waals surface area contributed by atoms with Crippen molar-refractivity contribution in [1.29, 1.82) is 0 Å². The van der Waals surface area contributed by atoms with E-state index < -0.39 is 0 Å². The van der Waals surface area contributed by atoms with Gasteiger partial charge in [-0.1, -0.05) is 30.9 Å². The summed E-state index contributed by atoms with van der Waals surface area (Å²) in [5.41, 5.74) is 1.91. The van der Waals surface area contributed by atoms with Gasteiger partial charge in [-0.05, 0) is 19.8 Å². The molecule has 1 aromatic rings. The number of hydrogen-bond acceptors (Lipinski definition) is 3. The van der Waals surface area contributed by atoms with Crippen LogP contribution in [0.4, 0.5) is 0 Å². The van der Waals surface area contributed by atoms with Gasteiger partial charge in [0.15, 0.2) is 0 Å². The second-order valence-corrected chi connectivity index (χ2v) is 7.12. The van der Waals surface area contributed by atoms with Crippen LogP contribution in [0.25, 0.3) is 0 Å². The maximum Gasteiger partial charge on any atom is 0.130 e. The molecule has 0 aromatic carbocycles. The van der Waals surface area contributed by atoms with Gasteiger partial charge in [-0.25, -0.2) is 0 Å². The second kappa shape index (κ2) is 7.00. The SMILES string of the molecule is Cc1nn(C)c(Cl)c1CC(O)CSC1CCCCC1. The van der Waals surface area contributed by atoms with E-state index in [9.17, 15) is 5.11 Å². The molecule has 2 rings (SSSR count). The zero-order chi connectivity index (χ0) is 13.8. The zero-order valence-corrected chi connectivity index (χ0v) is 13.3. The Kier molecular flexibility index (Phi) is 5.60. The first-order chi connectivity index (χ1) is 9.08. The Labute approximate surface area is 124 Å². The topological polar surface area (TPSA) is 38.0 Å². The van der Waals surface area contributed by atoms with E-state index >= 15 is 0 Å². The van der Waals surface area contributed by atoms with E-state index in [4.69, 9.17) is 11.6 Å². The summed E-state index contributed by atoms with van der Waals surface area (Å²) in [6.45, 7) is 1.95. The first-order valence-electron chi connectivity index (χ1n) is 7.05. The maximum absolute atomic E-state index is 10.2. The van der Waals surface area contributed by atoms with Crippen molar-refractivity contribution >= 4 is 23.4 Å². The van der Waals surface area contributed by atoms with E-state index in [1.165, 1.54) is 32.1 Å². The van der Waals surface area contributed by atoms with E-state index in [2.05, 4.69) is 5.10 Å².